The largest absolute Gasteiger partial charge is 0.392 e. The first-order valence-electron chi connectivity index (χ1n) is 10.3. The number of allylic oxidation sites excluding steroid dienone is 2. The Balaban J connectivity index is 1.67. The van der Waals surface area contributed by atoms with E-state index in [1.54, 1.807) is 12.1 Å². The number of carbonyl (C=O) groups excluding carboxylic acids is 2. The Bertz CT molecular complexity index is 1250. The number of rotatable bonds is 1. The molecular weight excluding hydrogens is 382 g/mol. The number of benzene rings is 2. The highest BCUT2D eigenvalue weighted by Gasteiger charge is 2.84. The van der Waals surface area contributed by atoms with Crippen LogP contribution in [0, 0.1) is 32.8 Å². The Morgan fingerprint density at radius 1 is 0.833 bits per heavy atom. The average Bonchev–Trinajstić information content (AvgIpc) is 3.04. The van der Waals surface area contributed by atoms with Gasteiger partial charge < -0.3 is 4.74 Å². The molecule has 1 heterocycles. The average molecular weight is 399 g/mol. The standard InChI is InChI=1S/C24H17NO5/c26-21-23-12-5-7-13(8-6-12)24(23,22(27)30-21)20-16-4-2-1-3-15(16)19(23)17-10-9-14(25(28)29)11-18(17)20/h1-5,7,9-13,19-20H,6,8H2/t12-,13+,19-,20+,23+,24+/m1/s1. The maximum Gasteiger partial charge on any atom is 0.322 e. The van der Waals surface area contributed by atoms with Crippen molar-refractivity contribution in [3.63, 3.8) is 0 Å². The lowest BCUT2D eigenvalue weighted by Crippen LogP contribution is -2.67. The second-order valence-electron chi connectivity index (χ2n) is 9.16. The fraction of sp³-hybridized carbons (Fsp3) is 0.333. The van der Waals surface area contributed by atoms with Crippen molar-refractivity contribution in [2.45, 2.75) is 24.7 Å². The van der Waals surface area contributed by atoms with Crippen molar-refractivity contribution in [1.82, 2.24) is 0 Å². The van der Waals surface area contributed by atoms with Crippen molar-refractivity contribution in [1.29, 1.82) is 0 Å². The molecule has 1 aliphatic heterocycles. The van der Waals surface area contributed by atoms with E-state index in [4.69, 9.17) is 4.74 Å². The van der Waals surface area contributed by atoms with Crippen molar-refractivity contribution in [2.24, 2.45) is 22.7 Å². The molecule has 0 N–H and O–H groups in total. The molecule has 4 bridgehead atoms. The minimum atomic E-state index is -1.02. The molecule has 0 unspecified atom stereocenters. The summed E-state index contributed by atoms with van der Waals surface area (Å²) < 4.78 is 5.49. The molecule has 6 heteroatoms. The van der Waals surface area contributed by atoms with E-state index in [0.29, 0.717) is 0 Å². The van der Waals surface area contributed by atoms with Crippen LogP contribution in [0.25, 0.3) is 0 Å². The Hall–Kier alpha value is -3.28. The van der Waals surface area contributed by atoms with Crippen LogP contribution < -0.4 is 0 Å². The molecule has 30 heavy (non-hydrogen) atoms. The molecule has 6 nitrogen and oxygen atoms in total. The minimum Gasteiger partial charge on any atom is -0.392 e. The van der Waals surface area contributed by atoms with E-state index in [9.17, 15) is 19.7 Å². The van der Waals surface area contributed by atoms with E-state index in [1.807, 2.05) is 24.3 Å². The molecular formula is C24H17NO5. The Morgan fingerprint density at radius 3 is 1.90 bits per heavy atom. The third kappa shape index (κ3) is 1.40. The highest BCUT2D eigenvalue weighted by molar-refractivity contribution is 6.07. The summed E-state index contributed by atoms with van der Waals surface area (Å²) in [6.45, 7) is 0. The lowest BCUT2D eigenvalue weighted by molar-refractivity contribution is -0.385. The molecule has 6 atom stereocenters. The summed E-state index contributed by atoms with van der Waals surface area (Å²) in [6.07, 6.45) is 5.87. The van der Waals surface area contributed by atoms with Crippen LogP contribution in [0.5, 0.6) is 0 Å². The smallest absolute Gasteiger partial charge is 0.322 e. The van der Waals surface area contributed by atoms with E-state index in [0.717, 1.165) is 35.1 Å². The highest BCUT2D eigenvalue weighted by atomic mass is 16.6. The predicted molar refractivity (Wildman–Crippen MR) is 105 cm³/mol. The summed E-state index contributed by atoms with van der Waals surface area (Å²) in [4.78, 5) is 38.3. The summed E-state index contributed by atoms with van der Waals surface area (Å²) in [5.41, 5.74) is 1.79. The second-order valence-corrected chi connectivity index (χ2v) is 9.16. The molecule has 9 rings (SSSR count). The van der Waals surface area contributed by atoms with Gasteiger partial charge in [-0.1, -0.05) is 42.5 Å². The van der Waals surface area contributed by atoms with Crippen LogP contribution in [0.2, 0.25) is 0 Å². The van der Waals surface area contributed by atoms with E-state index in [2.05, 4.69) is 12.2 Å². The number of non-ortho nitro benzene ring substituents is 1. The lowest BCUT2D eigenvalue weighted by atomic mass is 9.32. The van der Waals surface area contributed by atoms with Gasteiger partial charge in [0.05, 0.1) is 4.92 Å². The minimum absolute atomic E-state index is 0.00924. The molecule has 6 aliphatic carbocycles. The quantitative estimate of drug-likeness (QED) is 0.239. The third-order valence-corrected chi connectivity index (χ3v) is 8.51. The second kappa shape index (κ2) is 4.89. The van der Waals surface area contributed by atoms with Gasteiger partial charge in [-0.05, 0) is 46.9 Å². The molecule has 7 aliphatic rings. The Kier molecular flexibility index (Phi) is 2.69. The van der Waals surface area contributed by atoms with Crippen LogP contribution in [0.3, 0.4) is 0 Å². The van der Waals surface area contributed by atoms with E-state index in [1.165, 1.54) is 6.07 Å². The van der Waals surface area contributed by atoms with Gasteiger partial charge in [0.2, 0.25) is 0 Å². The summed E-state index contributed by atoms with van der Waals surface area (Å²) in [5, 5.41) is 11.5. The summed E-state index contributed by atoms with van der Waals surface area (Å²) in [6, 6.07) is 12.9. The van der Waals surface area contributed by atoms with Gasteiger partial charge in [0.1, 0.15) is 10.8 Å². The Morgan fingerprint density at radius 2 is 1.37 bits per heavy atom. The number of carbonyl (C=O) groups is 2. The van der Waals surface area contributed by atoms with Crippen LogP contribution in [0.4, 0.5) is 5.69 Å². The van der Waals surface area contributed by atoms with Crippen LogP contribution in [0.15, 0.2) is 54.6 Å². The van der Waals surface area contributed by atoms with Crippen molar-refractivity contribution in [3.8, 4) is 0 Å². The lowest BCUT2D eigenvalue weighted by Gasteiger charge is -2.66. The Labute approximate surface area is 171 Å². The summed E-state index contributed by atoms with van der Waals surface area (Å²) in [5.74, 6) is -1.83. The first-order valence-corrected chi connectivity index (χ1v) is 10.3. The predicted octanol–water partition coefficient (Wildman–Crippen LogP) is 3.84. The van der Waals surface area contributed by atoms with E-state index < -0.39 is 33.6 Å². The number of nitro benzene ring substituents is 1. The molecule has 2 aromatic carbocycles. The number of nitrogens with zero attached hydrogens (tertiary/aromatic N) is 1. The third-order valence-electron chi connectivity index (χ3n) is 8.51. The number of hydrogen-bond donors (Lipinski definition) is 0. The maximum absolute atomic E-state index is 13.6. The van der Waals surface area contributed by atoms with Crippen LogP contribution in [-0.2, 0) is 14.3 Å². The van der Waals surface area contributed by atoms with Crippen LogP contribution in [-0.4, -0.2) is 16.9 Å². The molecule has 1 saturated heterocycles. The zero-order valence-electron chi connectivity index (χ0n) is 15.9. The van der Waals surface area contributed by atoms with E-state index >= 15 is 0 Å². The van der Waals surface area contributed by atoms with Crippen molar-refractivity contribution >= 4 is 17.6 Å². The van der Waals surface area contributed by atoms with Gasteiger partial charge in [0.25, 0.3) is 5.69 Å². The zero-order valence-corrected chi connectivity index (χ0v) is 15.9. The van der Waals surface area contributed by atoms with Crippen molar-refractivity contribution in [2.75, 3.05) is 0 Å². The SMILES string of the molecule is O=C1OC(=O)[C@]23[C@H]4c5ccccc5[C@H](c5ccc([N+](=O)[O-])cc54)[C@@]12[C@@H]1C=C[C@H]3CC1. The number of fused-ring (bicyclic) bond motifs is 1. The molecule has 0 spiro atoms. The molecule has 2 aromatic rings. The van der Waals surface area contributed by atoms with Gasteiger partial charge in [0.15, 0.2) is 0 Å². The number of esters is 2. The highest BCUT2D eigenvalue weighted by Crippen LogP contribution is 2.80. The van der Waals surface area contributed by atoms with Crippen LogP contribution in [0.1, 0.15) is 46.9 Å². The molecule has 1 saturated carbocycles. The molecule has 0 amide bonds. The number of nitro groups is 1. The van der Waals surface area contributed by atoms with Crippen LogP contribution >= 0.6 is 0 Å². The number of hydrogen-bond acceptors (Lipinski definition) is 5. The fourth-order valence-electron chi connectivity index (χ4n) is 7.77. The van der Waals surface area contributed by atoms with Gasteiger partial charge in [-0.2, -0.15) is 0 Å². The fourth-order valence-corrected chi connectivity index (χ4v) is 7.77. The van der Waals surface area contributed by atoms with Gasteiger partial charge >= 0.3 is 11.9 Å². The topological polar surface area (TPSA) is 86.5 Å². The maximum atomic E-state index is 13.6. The van der Waals surface area contributed by atoms with Crippen molar-refractivity contribution < 1.29 is 19.2 Å². The summed E-state index contributed by atoms with van der Waals surface area (Å²) >= 11 is 0. The summed E-state index contributed by atoms with van der Waals surface area (Å²) in [7, 11) is 0. The number of ether oxygens (including phenoxy) is 1. The van der Waals surface area contributed by atoms with Crippen molar-refractivity contribution in [3.05, 3.63) is 87.0 Å². The van der Waals surface area contributed by atoms with Gasteiger partial charge in [-0.3, -0.25) is 19.7 Å². The molecule has 148 valence electrons. The normalized spacial score (nSPS) is 38.5. The van der Waals surface area contributed by atoms with Gasteiger partial charge in [-0.25, -0.2) is 0 Å². The molecule has 2 fully saturated rings. The first kappa shape index (κ1) is 16.5. The number of cyclic esters (lactones) is 2. The monoisotopic (exact) mass is 399 g/mol. The zero-order chi connectivity index (χ0) is 20.4. The van der Waals surface area contributed by atoms with Gasteiger partial charge in [0, 0.05) is 24.0 Å². The molecule has 0 aromatic heterocycles. The molecule has 0 radical (unpaired) electrons. The van der Waals surface area contributed by atoms with E-state index in [-0.39, 0.29) is 23.4 Å². The van der Waals surface area contributed by atoms with Gasteiger partial charge in [-0.15, -0.1) is 0 Å². The first-order chi connectivity index (χ1) is 14.5.